The Morgan fingerprint density at radius 3 is 2.61 bits per heavy atom. The number of ether oxygens (including phenoxy) is 1. The van der Waals surface area contributed by atoms with Crippen molar-refractivity contribution < 1.29 is 13.2 Å². The summed E-state index contributed by atoms with van der Waals surface area (Å²) >= 11 is 1.36. The van der Waals surface area contributed by atoms with Crippen LogP contribution in [-0.4, -0.2) is 47.9 Å². The number of thioether (sulfide) groups is 1. The molecule has 0 fully saturated rings. The van der Waals surface area contributed by atoms with Crippen molar-refractivity contribution in [2.24, 2.45) is 5.10 Å². The number of methoxy groups -OCH3 is 1. The lowest BCUT2D eigenvalue weighted by Crippen LogP contribution is -2.45. The maximum atomic E-state index is 12.7. The van der Waals surface area contributed by atoms with Gasteiger partial charge in [0.2, 0.25) is 15.2 Å². The SMILES string of the molecule is COc1ccccc1/C=N\n1cnnc1SCC(C)(C)NS(=O)(=O)c1ccc(C)cc1. The summed E-state index contributed by atoms with van der Waals surface area (Å²) < 4.78 is 35.1. The zero-order chi connectivity index (χ0) is 22.5. The van der Waals surface area contributed by atoms with Crippen molar-refractivity contribution in [3.8, 4) is 5.75 Å². The number of hydrogen-bond donors (Lipinski definition) is 1. The highest BCUT2D eigenvalue weighted by Crippen LogP contribution is 2.23. The Balaban J connectivity index is 1.68. The molecular weight excluding hydrogens is 434 g/mol. The molecule has 0 saturated heterocycles. The quantitative estimate of drug-likeness (QED) is 0.389. The van der Waals surface area contributed by atoms with E-state index in [1.54, 1.807) is 42.3 Å². The van der Waals surface area contributed by atoms with Crippen LogP contribution >= 0.6 is 11.8 Å². The van der Waals surface area contributed by atoms with Crippen LogP contribution in [0.15, 0.2) is 70.0 Å². The standard InChI is InChI=1S/C21H25N5O3S2/c1-16-9-11-18(12-10-16)31(27,28)25-21(2,3)14-30-20-24-22-15-26(20)23-13-17-7-5-6-8-19(17)29-4/h5-13,15,25H,14H2,1-4H3/b23-13-. The lowest BCUT2D eigenvalue weighted by molar-refractivity contribution is 0.414. The van der Waals surface area contributed by atoms with E-state index in [1.807, 2.05) is 45.0 Å². The molecule has 0 aliphatic rings. The van der Waals surface area contributed by atoms with Gasteiger partial charge in [-0.15, -0.1) is 10.2 Å². The molecule has 0 radical (unpaired) electrons. The van der Waals surface area contributed by atoms with Crippen LogP contribution in [0.3, 0.4) is 0 Å². The normalized spacial score (nSPS) is 12.4. The van der Waals surface area contributed by atoms with Gasteiger partial charge >= 0.3 is 0 Å². The predicted molar refractivity (Wildman–Crippen MR) is 122 cm³/mol. The molecule has 0 saturated carbocycles. The Hall–Kier alpha value is -2.69. The van der Waals surface area contributed by atoms with Crippen LogP contribution in [0.4, 0.5) is 0 Å². The molecule has 0 aliphatic carbocycles. The molecule has 2 aromatic carbocycles. The maximum absolute atomic E-state index is 12.7. The number of nitrogens with one attached hydrogen (secondary N) is 1. The fourth-order valence-electron chi connectivity index (χ4n) is 2.71. The minimum atomic E-state index is -3.64. The molecule has 0 spiro atoms. The number of aromatic nitrogens is 3. The van der Waals surface area contributed by atoms with Crippen LogP contribution in [0.1, 0.15) is 25.0 Å². The highest BCUT2D eigenvalue weighted by Gasteiger charge is 2.27. The first-order valence-electron chi connectivity index (χ1n) is 9.51. The van der Waals surface area contributed by atoms with E-state index in [0.717, 1.165) is 11.1 Å². The van der Waals surface area contributed by atoms with Crippen molar-refractivity contribution in [3.05, 3.63) is 66.0 Å². The van der Waals surface area contributed by atoms with Crippen molar-refractivity contribution in [3.63, 3.8) is 0 Å². The van der Waals surface area contributed by atoms with Gasteiger partial charge in [-0.1, -0.05) is 41.6 Å². The second kappa shape index (κ2) is 9.63. The summed E-state index contributed by atoms with van der Waals surface area (Å²) in [6, 6.07) is 14.3. The van der Waals surface area contributed by atoms with E-state index in [4.69, 9.17) is 4.74 Å². The zero-order valence-electron chi connectivity index (χ0n) is 17.8. The first-order valence-corrected chi connectivity index (χ1v) is 12.0. The number of para-hydroxylation sites is 1. The van der Waals surface area contributed by atoms with Crippen molar-refractivity contribution >= 4 is 28.0 Å². The van der Waals surface area contributed by atoms with E-state index in [2.05, 4.69) is 20.0 Å². The minimum absolute atomic E-state index is 0.237. The number of rotatable bonds is 9. The summed E-state index contributed by atoms with van der Waals surface area (Å²) in [5, 5.41) is 13.0. The van der Waals surface area contributed by atoms with Crippen LogP contribution in [0.2, 0.25) is 0 Å². The van der Waals surface area contributed by atoms with E-state index >= 15 is 0 Å². The lowest BCUT2D eigenvalue weighted by Gasteiger charge is -2.25. The van der Waals surface area contributed by atoms with Crippen molar-refractivity contribution in [1.82, 2.24) is 19.6 Å². The zero-order valence-corrected chi connectivity index (χ0v) is 19.4. The monoisotopic (exact) mass is 459 g/mol. The lowest BCUT2D eigenvalue weighted by atomic mass is 10.1. The fraction of sp³-hybridized carbons (Fsp3) is 0.286. The average molecular weight is 460 g/mol. The molecule has 8 nitrogen and oxygen atoms in total. The highest BCUT2D eigenvalue weighted by molar-refractivity contribution is 7.99. The Morgan fingerprint density at radius 1 is 1.19 bits per heavy atom. The van der Waals surface area contributed by atoms with E-state index in [9.17, 15) is 8.42 Å². The number of aryl methyl sites for hydroxylation is 1. The van der Waals surface area contributed by atoms with Crippen molar-refractivity contribution in [1.29, 1.82) is 0 Å². The van der Waals surface area contributed by atoms with Gasteiger partial charge in [-0.2, -0.15) is 9.78 Å². The van der Waals surface area contributed by atoms with Gasteiger partial charge in [0.1, 0.15) is 12.1 Å². The van der Waals surface area contributed by atoms with E-state index in [1.165, 1.54) is 18.1 Å². The number of nitrogens with zero attached hydrogens (tertiary/aromatic N) is 4. The summed E-state index contributed by atoms with van der Waals surface area (Å²) in [7, 11) is -2.04. The first kappa shape index (κ1) is 23.0. The molecule has 0 unspecified atom stereocenters. The Morgan fingerprint density at radius 2 is 1.90 bits per heavy atom. The van der Waals surface area contributed by atoms with Crippen molar-refractivity contribution in [2.45, 2.75) is 36.4 Å². The molecule has 3 aromatic rings. The first-order chi connectivity index (χ1) is 14.7. The van der Waals surface area contributed by atoms with Crippen LogP contribution < -0.4 is 9.46 Å². The second-order valence-corrected chi connectivity index (χ2v) is 10.2. The van der Waals surface area contributed by atoms with Gasteiger partial charge in [-0.25, -0.2) is 13.1 Å². The van der Waals surface area contributed by atoms with Crippen LogP contribution in [-0.2, 0) is 10.0 Å². The number of benzene rings is 2. The summed E-state index contributed by atoms with van der Waals surface area (Å²) in [6.45, 7) is 5.56. The third-order valence-corrected chi connectivity index (χ3v) is 7.37. The molecule has 1 N–H and O–H groups in total. The topological polar surface area (TPSA) is 98.5 Å². The number of sulfonamides is 1. The summed E-state index contributed by atoms with van der Waals surface area (Å²) in [6.07, 6.45) is 3.16. The van der Waals surface area contributed by atoms with Gasteiger partial charge in [-0.05, 0) is 45.0 Å². The van der Waals surface area contributed by atoms with Crippen molar-refractivity contribution in [2.75, 3.05) is 12.9 Å². The largest absolute Gasteiger partial charge is 0.496 e. The molecule has 1 aromatic heterocycles. The molecule has 0 aliphatic heterocycles. The van der Waals surface area contributed by atoms with E-state index < -0.39 is 15.6 Å². The summed E-state index contributed by atoms with van der Waals surface area (Å²) in [4.78, 5) is 0.237. The van der Waals surface area contributed by atoms with Crippen LogP contribution in [0.25, 0.3) is 0 Å². The second-order valence-electron chi connectivity index (χ2n) is 7.54. The van der Waals surface area contributed by atoms with Crippen LogP contribution in [0.5, 0.6) is 5.75 Å². The molecular formula is C21H25N5O3S2. The summed E-state index contributed by atoms with van der Waals surface area (Å²) in [5.74, 6) is 1.14. The van der Waals surface area contributed by atoms with E-state index in [-0.39, 0.29) is 4.90 Å². The van der Waals surface area contributed by atoms with Gasteiger partial charge in [0, 0.05) is 16.9 Å². The Bertz CT molecular complexity index is 1160. The average Bonchev–Trinajstić information content (AvgIpc) is 3.18. The highest BCUT2D eigenvalue weighted by atomic mass is 32.2. The fourth-order valence-corrected chi connectivity index (χ4v) is 5.10. The molecule has 31 heavy (non-hydrogen) atoms. The summed E-state index contributed by atoms with van der Waals surface area (Å²) in [5.41, 5.74) is 1.10. The van der Waals surface area contributed by atoms with Gasteiger partial charge < -0.3 is 4.74 Å². The molecule has 1 heterocycles. The molecule has 10 heteroatoms. The van der Waals surface area contributed by atoms with Gasteiger partial charge in [0.25, 0.3) is 0 Å². The predicted octanol–water partition coefficient (Wildman–Crippen LogP) is 3.33. The van der Waals surface area contributed by atoms with Gasteiger partial charge in [0.05, 0.1) is 18.2 Å². The third kappa shape index (κ3) is 6.16. The minimum Gasteiger partial charge on any atom is -0.496 e. The van der Waals surface area contributed by atoms with E-state index in [0.29, 0.717) is 16.7 Å². The molecule has 0 bridgehead atoms. The molecule has 3 rings (SSSR count). The maximum Gasteiger partial charge on any atom is 0.241 e. The molecule has 0 amide bonds. The Kier molecular flexibility index (Phi) is 7.14. The smallest absolute Gasteiger partial charge is 0.241 e. The van der Waals surface area contributed by atoms with Gasteiger partial charge in [0.15, 0.2) is 0 Å². The third-order valence-electron chi connectivity index (χ3n) is 4.26. The molecule has 0 atom stereocenters. The molecule has 164 valence electrons. The van der Waals surface area contributed by atoms with Gasteiger partial charge in [-0.3, -0.25) is 0 Å². The Labute approximate surface area is 186 Å². The number of hydrogen-bond acceptors (Lipinski definition) is 7. The van der Waals surface area contributed by atoms with Crippen LogP contribution in [0, 0.1) is 6.92 Å².